The summed E-state index contributed by atoms with van der Waals surface area (Å²) in [5.74, 6) is -0.896. The Morgan fingerprint density at radius 1 is 1.00 bits per heavy atom. The number of carbonyl (C=O) groups excluding carboxylic acids is 2. The number of rotatable bonds is 6. The first-order valence-corrected chi connectivity index (χ1v) is 9.86. The molecule has 0 heterocycles. The first-order chi connectivity index (χ1) is 13.1. The van der Waals surface area contributed by atoms with Crippen molar-refractivity contribution in [3.8, 4) is 5.75 Å². The monoisotopic (exact) mass is 405 g/mol. The van der Waals surface area contributed by atoms with Crippen molar-refractivity contribution >= 4 is 21.8 Å². The van der Waals surface area contributed by atoms with Gasteiger partial charge in [0.15, 0.2) is 0 Å². The summed E-state index contributed by atoms with van der Waals surface area (Å²) < 4.78 is 31.0. The molecule has 2 rings (SSSR count). The van der Waals surface area contributed by atoms with E-state index >= 15 is 0 Å². The molecule has 0 fully saturated rings. The molecule has 150 valence electrons. The van der Waals surface area contributed by atoms with Gasteiger partial charge in [-0.2, -0.15) is 4.31 Å². The van der Waals surface area contributed by atoms with E-state index in [1.807, 2.05) is 13.8 Å². The highest BCUT2D eigenvalue weighted by Gasteiger charge is 2.23. The van der Waals surface area contributed by atoms with Crippen LogP contribution >= 0.6 is 0 Å². The molecule has 0 saturated heterocycles. The first kappa shape index (κ1) is 21.4. The molecular weight excluding hydrogens is 382 g/mol. The molecule has 0 aromatic heterocycles. The Kier molecular flexibility index (Phi) is 6.76. The van der Waals surface area contributed by atoms with Crippen molar-refractivity contribution in [2.45, 2.75) is 18.7 Å². The largest absolute Gasteiger partial charge is 0.496 e. The van der Waals surface area contributed by atoms with Gasteiger partial charge in [0.2, 0.25) is 10.0 Å². The molecule has 28 heavy (non-hydrogen) atoms. The molecule has 0 spiro atoms. The number of hydrogen-bond acceptors (Lipinski definition) is 5. The number of carbonyl (C=O) groups is 2. The van der Waals surface area contributed by atoms with Crippen LogP contribution in [0.25, 0.3) is 0 Å². The quantitative estimate of drug-likeness (QED) is 0.707. The smallest absolute Gasteiger partial charge is 0.273 e. The molecule has 8 nitrogen and oxygen atoms in total. The third-order valence-corrected chi connectivity index (χ3v) is 5.83. The lowest BCUT2D eigenvalue weighted by Gasteiger charge is -2.17. The summed E-state index contributed by atoms with van der Waals surface area (Å²) in [6.07, 6.45) is 0. The molecule has 0 unspecified atom stereocenters. The number of likely N-dealkylation sites (N-methyl/N-ethyl adjacent to an activating group) is 1. The fourth-order valence-electron chi connectivity index (χ4n) is 2.41. The van der Waals surface area contributed by atoms with E-state index in [2.05, 4.69) is 10.9 Å². The van der Waals surface area contributed by atoms with Gasteiger partial charge < -0.3 is 4.74 Å². The lowest BCUT2D eigenvalue weighted by atomic mass is 10.1. The van der Waals surface area contributed by atoms with E-state index in [0.29, 0.717) is 5.75 Å². The van der Waals surface area contributed by atoms with Gasteiger partial charge in [0.05, 0.1) is 24.1 Å². The Morgan fingerprint density at radius 3 is 2.21 bits per heavy atom. The highest BCUT2D eigenvalue weighted by molar-refractivity contribution is 7.89. The Balaban J connectivity index is 1.99. The van der Waals surface area contributed by atoms with E-state index in [1.54, 1.807) is 30.3 Å². The summed E-state index contributed by atoms with van der Waals surface area (Å²) in [5, 5.41) is 0. The summed E-state index contributed by atoms with van der Waals surface area (Å²) in [7, 11) is -1.09. The van der Waals surface area contributed by atoms with Crippen molar-refractivity contribution in [3.63, 3.8) is 0 Å². The molecule has 2 aromatic carbocycles. The van der Waals surface area contributed by atoms with Crippen molar-refractivity contribution in [1.29, 1.82) is 0 Å². The number of hydrogen-bond donors (Lipinski definition) is 2. The van der Waals surface area contributed by atoms with E-state index in [-0.39, 0.29) is 10.5 Å². The van der Waals surface area contributed by atoms with Crippen LogP contribution in [-0.4, -0.2) is 45.2 Å². The molecule has 2 N–H and O–H groups in total. The predicted octanol–water partition coefficient (Wildman–Crippen LogP) is 1.39. The fourth-order valence-corrected chi connectivity index (χ4v) is 3.54. The van der Waals surface area contributed by atoms with Gasteiger partial charge in [-0.1, -0.05) is 29.3 Å². The van der Waals surface area contributed by atoms with Crippen LogP contribution in [0.4, 0.5) is 0 Å². The second-order valence-electron chi connectivity index (χ2n) is 6.28. The van der Waals surface area contributed by atoms with Gasteiger partial charge in [-0.05, 0) is 38.1 Å². The van der Waals surface area contributed by atoms with Crippen LogP contribution in [-0.2, 0) is 14.8 Å². The van der Waals surface area contributed by atoms with Crippen molar-refractivity contribution < 1.29 is 22.7 Å². The highest BCUT2D eigenvalue weighted by Crippen LogP contribution is 2.19. The lowest BCUT2D eigenvalue weighted by molar-refractivity contribution is -0.121. The molecule has 9 heteroatoms. The zero-order valence-electron chi connectivity index (χ0n) is 16.1. The van der Waals surface area contributed by atoms with Crippen LogP contribution in [0.1, 0.15) is 21.5 Å². The van der Waals surface area contributed by atoms with Gasteiger partial charge >= 0.3 is 0 Å². The van der Waals surface area contributed by atoms with Crippen LogP contribution in [0.3, 0.4) is 0 Å². The minimum atomic E-state index is -3.82. The Bertz CT molecular complexity index is 972. The number of aryl methyl sites for hydroxylation is 2. The standard InChI is InChI=1S/C19H23N3O5S/c1-13-5-8-15(9-6-13)28(25,26)22(3)12-18(23)20-21-19(24)16-11-14(2)7-10-17(16)27-4/h5-11H,12H2,1-4H3,(H,20,23)(H,21,24). The van der Waals surface area contributed by atoms with Crippen LogP contribution in [0, 0.1) is 13.8 Å². The van der Waals surface area contributed by atoms with E-state index in [1.165, 1.54) is 26.3 Å². The highest BCUT2D eigenvalue weighted by atomic mass is 32.2. The molecular formula is C19H23N3O5S. The van der Waals surface area contributed by atoms with E-state index in [0.717, 1.165) is 15.4 Å². The van der Waals surface area contributed by atoms with E-state index < -0.39 is 28.4 Å². The Hall–Kier alpha value is -2.91. The number of amides is 2. The average Bonchev–Trinajstić information content (AvgIpc) is 2.66. The number of sulfonamides is 1. The second kappa shape index (κ2) is 8.85. The maximum atomic E-state index is 12.5. The SMILES string of the molecule is COc1ccc(C)cc1C(=O)NNC(=O)CN(C)S(=O)(=O)c1ccc(C)cc1. The van der Waals surface area contributed by atoms with E-state index in [9.17, 15) is 18.0 Å². The number of hydrazine groups is 1. The molecule has 2 amide bonds. The summed E-state index contributed by atoms with van der Waals surface area (Å²) in [4.78, 5) is 24.4. The molecule has 0 radical (unpaired) electrons. The zero-order valence-corrected chi connectivity index (χ0v) is 17.0. The summed E-state index contributed by atoms with van der Waals surface area (Å²) in [5.41, 5.74) is 6.51. The molecule has 0 aliphatic carbocycles. The van der Waals surface area contributed by atoms with Gasteiger partial charge in [0.1, 0.15) is 5.75 Å². The van der Waals surface area contributed by atoms with Gasteiger partial charge in [-0.25, -0.2) is 8.42 Å². The zero-order chi connectivity index (χ0) is 20.9. The topological polar surface area (TPSA) is 105 Å². The molecule has 0 aliphatic rings. The van der Waals surface area contributed by atoms with Crippen molar-refractivity contribution in [3.05, 3.63) is 59.2 Å². The predicted molar refractivity (Wildman–Crippen MR) is 104 cm³/mol. The fraction of sp³-hybridized carbons (Fsp3) is 0.263. The molecule has 0 atom stereocenters. The third kappa shape index (κ3) is 5.08. The molecule has 0 aliphatic heterocycles. The maximum Gasteiger partial charge on any atom is 0.273 e. The summed E-state index contributed by atoms with van der Waals surface area (Å²) in [6, 6.07) is 11.4. The third-order valence-electron chi connectivity index (χ3n) is 4.01. The summed E-state index contributed by atoms with van der Waals surface area (Å²) in [6.45, 7) is 3.21. The minimum absolute atomic E-state index is 0.0851. The lowest BCUT2D eigenvalue weighted by Crippen LogP contribution is -2.46. The second-order valence-corrected chi connectivity index (χ2v) is 8.33. The van der Waals surface area contributed by atoms with E-state index in [4.69, 9.17) is 4.74 Å². The molecule has 2 aromatic rings. The number of nitrogens with zero attached hydrogens (tertiary/aromatic N) is 1. The maximum absolute atomic E-state index is 12.5. The Morgan fingerprint density at radius 2 is 1.61 bits per heavy atom. The minimum Gasteiger partial charge on any atom is -0.496 e. The summed E-state index contributed by atoms with van der Waals surface area (Å²) >= 11 is 0. The number of methoxy groups -OCH3 is 1. The Labute approximate surface area is 164 Å². The van der Waals surface area contributed by atoms with Crippen LogP contribution in [0.5, 0.6) is 5.75 Å². The number of nitrogens with one attached hydrogen (secondary N) is 2. The first-order valence-electron chi connectivity index (χ1n) is 8.42. The van der Waals surface area contributed by atoms with Crippen LogP contribution < -0.4 is 15.6 Å². The normalized spacial score (nSPS) is 11.2. The average molecular weight is 405 g/mol. The van der Waals surface area contributed by atoms with Crippen molar-refractivity contribution in [2.24, 2.45) is 0 Å². The molecule has 0 saturated carbocycles. The van der Waals surface area contributed by atoms with Gasteiger partial charge in [-0.15, -0.1) is 0 Å². The van der Waals surface area contributed by atoms with Crippen LogP contribution in [0.2, 0.25) is 0 Å². The van der Waals surface area contributed by atoms with Gasteiger partial charge in [0.25, 0.3) is 11.8 Å². The van der Waals surface area contributed by atoms with Gasteiger partial charge in [0, 0.05) is 7.05 Å². The number of benzene rings is 2. The van der Waals surface area contributed by atoms with Crippen LogP contribution in [0.15, 0.2) is 47.4 Å². The molecule has 0 bridgehead atoms. The van der Waals surface area contributed by atoms with Crippen molar-refractivity contribution in [1.82, 2.24) is 15.2 Å². The van der Waals surface area contributed by atoms with Crippen molar-refractivity contribution in [2.75, 3.05) is 20.7 Å². The number of ether oxygens (including phenoxy) is 1. The van der Waals surface area contributed by atoms with Gasteiger partial charge in [-0.3, -0.25) is 20.4 Å².